The van der Waals surface area contributed by atoms with Crippen LogP contribution < -0.4 is 0 Å². The van der Waals surface area contributed by atoms with Crippen molar-refractivity contribution in [1.82, 2.24) is 0 Å². The van der Waals surface area contributed by atoms with Crippen molar-refractivity contribution in [2.75, 3.05) is 13.3 Å². The van der Waals surface area contributed by atoms with E-state index in [9.17, 15) is 39.9 Å². The second kappa shape index (κ2) is 9.49. The fourth-order valence-electron chi connectivity index (χ4n) is 1.79. The number of halogens is 7. The first-order chi connectivity index (χ1) is 11.9. The molecule has 0 aromatic rings. The molecule has 0 saturated carbocycles. The van der Waals surface area contributed by atoms with Gasteiger partial charge in [0.1, 0.15) is 6.10 Å². The van der Waals surface area contributed by atoms with E-state index in [0.717, 1.165) is 0 Å². The van der Waals surface area contributed by atoms with Crippen LogP contribution in [-0.2, 0) is 18.2 Å². The van der Waals surface area contributed by atoms with Gasteiger partial charge < -0.3 is 19.6 Å². The summed E-state index contributed by atoms with van der Waals surface area (Å²) in [5.74, 6) is -18.0. The maximum absolute atomic E-state index is 13.8. The molecule has 0 aromatic heterocycles. The van der Waals surface area contributed by atoms with Crippen LogP contribution in [0, 0.1) is 0 Å². The molecule has 164 valence electrons. The Hall–Kier alpha value is -0.270. The summed E-state index contributed by atoms with van der Waals surface area (Å²) in [6.07, 6.45) is -5.64. The van der Waals surface area contributed by atoms with E-state index in [2.05, 4.69) is 9.05 Å². The monoisotopic (exact) mass is 460 g/mol. The fraction of sp³-hybridized carbons (Fsp3) is 1.00. The average Bonchev–Trinajstić information content (AvgIpc) is 2.46. The molecule has 0 aliphatic heterocycles. The van der Waals surface area contributed by atoms with Crippen molar-refractivity contribution in [1.29, 1.82) is 0 Å². The van der Waals surface area contributed by atoms with Gasteiger partial charge in [0.15, 0.2) is 6.67 Å². The molecular formula is C10H17F7O8P2. The number of hydrogen-bond acceptors (Lipinski definition) is 4. The van der Waals surface area contributed by atoms with Crippen molar-refractivity contribution >= 4 is 15.6 Å². The van der Waals surface area contributed by atoms with E-state index in [0.29, 0.717) is 0 Å². The summed E-state index contributed by atoms with van der Waals surface area (Å²) in [4.78, 5) is 33.9. The van der Waals surface area contributed by atoms with Gasteiger partial charge in [-0.2, -0.15) is 26.3 Å². The first-order valence-corrected chi connectivity index (χ1v) is 10.1. The van der Waals surface area contributed by atoms with Gasteiger partial charge in [-0.3, -0.25) is 9.05 Å². The highest BCUT2D eigenvalue weighted by Gasteiger charge is 2.74. The lowest BCUT2D eigenvalue weighted by molar-refractivity contribution is -0.332. The third-order valence-electron chi connectivity index (χ3n) is 3.08. The fourth-order valence-corrected chi connectivity index (χ4v) is 2.72. The summed E-state index contributed by atoms with van der Waals surface area (Å²) < 4.78 is 121. The van der Waals surface area contributed by atoms with Crippen LogP contribution in [0.1, 0.15) is 25.7 Å². The minimum Gasteiger partial charge on any atom is -0.303 e. The van der Waals surface area contributed by atoms with Crippen LogP contribution in [0.25, 0.3) is 0 Å². The molecule has 4 N–H and O–H groups in total. The summed E-state index contributed by atoms with van der Waals surface area (Å²) in [7, 11) is -10.6. The Balaban J connectivity index is 5.14. The van der Waals surface area contributed by atoms with Crippen molar-refractivity contribution in [3.63, 3.8) is 0 Å². The Labute approximate surface area is 148 Å². The topological polar surface area (TPSA) is 134 Å². The Morgan fingerprint density at radius 1 is 0.852 bits per heavy atom. The van der Waals surface area contributed by atoms with E-state index in [1.54, 1.807) is 0 Å². The molecule has 1 atom stereocenters. The third-order valence-corrected chi connectivity index (χ3v) is 4.13. The van der Waals surface area contributed by atoms with E-state index in [4.69, 9.17) is 19.6 Å². The third kappa shape index (κ3) is 8.32. The second-order valence-corrected chi connectivity index (χ2v) is 7.72. The molecule has 0 bridgehead atoms. The van der Waals surface area contributed by atoms with Crippen molar-refractivity contribution in [3.8, 4) is 0 Å². The van der Waals surface area contributed by atoms with Crippen molar-refractivity contribution in [2.45, 2.75) is 49.6 Å². The van der Waals surface area contributed by atoms with E-state index >= 15 is 0 Å². The molecule has 0 saturated heterocycles. The molecule has 0 fully saturated rings. The molecule has 0 aliphatic rings. The number of rotatable bonds is 13. The first-order valence-electron chi connectivity index (χ1n) is 7.01. The predicted octanol–water partition coefficient (Wildman–Crippen LogP) is 3.01. The Morgan fingerprint density at radius 3 is 1.78 bits per heavy atom. The molecule has 0 amide bonds. The van der Waals surface area contributed by atoms with Gasteiger partial charge in [-0.1, -0.05) is 12.8 Å². The maximum atomic E-state index is 13.8. The summed E-state index contributed by atoms with van der Waals surface area (Å²) in [5.41, 5.74) is 0. The van der Waals surface area contributed by atoms with Gasteiger partial charge >= 0.3 is 33.4 Å². The quantitative estimate of drug-likeness (QED) is 0.187. The number of unbranched alkanes of at least 4 members (excludes halogenated alkanes) is 2. The summed E-state index contributed by atoms with van der Waals surface area (Å²) in [6, 6.07) is 0. The zero-order valence-corrected chi connectivity index (χ0v) is 15.1. The molecule has 17 heteroatoms. The van der Waals surface area contributed by atoms with Crippen LogP contribution in [0.5, 0.6) is 0 Å². The molecule has 0 aromatic carbocycles. The average molecular weight is 460 g/mol. The second-order valence-electron chi connectivity index (χ2n) is 5.29. The highest BCUT2D eigenvalue weighted by atomic mass is 31.2. The molecule has 0 heterocycles. The summed E-state index contributed by atoms with van der Waals surface area (Å²) >= 11 is 0. The number of alkyl halides is 7. The molecule has 0 rings (SSSR count). The molecule has 27 heavy (non-hydrogen) atoms. The highest BCUT2D eigenvalue weighted by molar-refractivity contribution is 7.46. The van der Waals surface area contributed by atoms with Crippen LogP contribution >= 0.6 is 15.6 Å². The number of phosphoric ester groups is 2. The highest BCUT2D eigenvalue weighted by Crippen LogP contribution is 2.52. The van der Waals surface area contributed by atoms with Gasteiger partial charge in [0.25, 0.3) is 0 Å². The maximum Gasteiger partial charge on any atom is 0.470 e. The van der Waals surface area contributed by atoms with Gasteiger partial charge in [-0.05, 0) is 12.8 Å². The minimum atomic E-state index is -6.32. The van der Waals surface area contributed by atoms with Crippen molar-refractivity contribution < 1.29 is 68.5 Å². The van der Waals surface area contributed by atoms with Gasteiger partial charge in [0, 0.05) is 0 Å². The zero-order valence-electron chi connectivity index (χ0n) is 13.3. The van der Waals surface area contributed by atoms with Crippen molar-refractivity contribution in [3.05, 3.63) is 0 Å². The van der Waals surface area contributed by atoms with E-state index in [1.807, 2.05) is 0 Å². The van der Waals surface area contributed by atoms with Gasteiger partial charge in [0.05, 0.1) is 6.61 Å². The van der Waals surface area contributed by atoms with Crippen molar-refractivity contribution in [2.24, 2.45) is 0 Å². The van der Waals surface area contributed by atoms with Crippen LogP contribution in [0.3, 0.4) is 0 Å². The summed E-state index contributed by atoms with van der Waals surface area (Å²) in [5, 5.41) is 0. The number of hydrogen-bond donors (Lipinski definition) is 4. The smallest absolute Gasteiger partial charge is 0.303 e. The van der Waals surface area contributed by atoms with E-state index in [1.165, 1.54) is 0 Å². The Kier molecular flexibility index (Phi) is 9.39. The van der Waals surface area contributed by atoms with Gasteiger partial charge in [-0.15, -0.1) is 0 Å². The van der Waals surface area contributed by atoms with Gasteiger partial charge in [0.2, 0.25) is 0 Å². The first kappa shape index (κ1) is 26.7. The largest absolute Gasteiger partial charge is 0.470 e. The lowest BCUT2D eigenvalue weighted by atomic mass is 9.96. The predicted molar refractivity (Wildman–Crippen MR) is 74.2 cm³/mol. The Bertz CT molecular complexity index is 564. The molecule has 1 unspecified atom stereocenters. The molecule has 8 nitrogen and oxygen atoms in total. The van der Waals surface area contributed by atoms with E-state index < -0.39 is 65.6 Å². The van der Waals surface area contributed by atoms with Crippen LogP contribution in [0.4, 0.5) is 30.7 Å². The molecule has 0 radical (unpaired) electrons. The lowest BCUT2D eigenvalue weighted by Crippen LogP contribution is -2.60. The van der Waals surface area contributed by atoms with Crippen LogP contribution in [0.2, 0.25) is 0 Å². The zero-order chi connectivity index (χ0) is 21.7. The van der Waals surface area contributed by atoms with Crippen LogP contribution in [0.15, 0.2) is 0 Å². The van der Waals surface area contributed by atoms with Gasteiger partial charge in [-0.25, -0.2) is 13.5 Å². The molecule has 0 spiro atoms. The van der Waals surface area contributed by atoms with Crippen LogP contribution in [-0.4, -0.2) is 56.7 Å². The molecular weight excluding hydrogens is 443 g/mol. The normalized spacial score (nSPS) is 15.8. The molecule has 0 aliphatic carbocycles. The minimum absolute atomic E-state index is 0.198. The SMILES string of the molecule is O=P(O)(O)OCCCCCC(OP(=O)(O)O)C(F)(F)C(F)(F)C(F)(F)CF. The Morgan fingerprint density at radius 2 is 1.37 bits per heavy atom. The summed E-state index contributed by atoms with van der Waals surface area (Å²) in [6.45, 7) is -3.72. The standard InChI is InChI=1S/C10H17F7O8P2/c11-6-8(12,13)10(16,17)9(14,15)7(25-27(21,22)23)4-2-1-3-5-24-26(18,19)20/h7H,1-6H2,(H2,18,19,20)(H2,21,22,23). The van der Waals surface area contributed by atoms with E-state index in [-0.39, 0.29) is 12.8 Å². The number of phosphoric acid groups is 2. The lowest BCUT2D eigenvalue weighted by Gasteiger charge is -2.36.